The maximum absolute atomic E-state index is 11.4. The van der Waals surface area contributed by atoms with Crippen LogP contribution in [-0.4, -0.2) is 29.4 Å². The summed E-state index contributed by atoms with van der Waals surface area (Å²) in [6.45, 7) is 3.05. The molecule has 0 bridgehead atoms. The fourth-order valence-electron chi connectivity index (χ4n) is 1.10. The van der Waals surface area contributed by atoms with E-state index >= 15 is 0 Å². The van der Waals surface area contributed by atoms with Crippen LogP contribution in [0.25, 0.3) is 0 Å². The Morgan fingerprint density at radius 3 is 2.67 bits per heavy atom. The predicted molar refractivity (Wildman–Crippen MR) is 58.9 cm³/mol. The van der Waals surface area contributed by atoms with E-state index in [9.17, 15) is 19.7 Å². The third kappa shape index (κ3) is 3.89. The number of hydrogen-bond donors (Lipinski definition) is 1. The second-order valence-electron chi connectivity index (χ2n) is 3.69. The molecule has 8 nitrogen and oxygen atoms in total. The van der Waals surface area contributed by atoms with Crippen molar-refractivity contribution >= 4 is 17.8 Å². The lowest BCUT2D eigenvalue weighted by Gasteiger charge is -2.07. The van der Waals surface area contributed by atoms with Crippen LogP contribution in [0.4, 0.5) is 5.88 Å². The van der Waals surface area contributed by atoms with Crippen LogP contribution in [0.5, 0.6) is 0 Å². The van der Waals surface area contributed by atoms with E-state index < -0.39 is 29.3 Å². The minimum Gasteiger partial charge on any atom is -0.450 e. The Labute approximate surface area is 102 Å². The van der Waals surface area contributed by atoms with E-state index in [1.54, 1.807) is 13.8 Å². The Morgan fingerprint density at radius 1 is 1.50 bits per heavy atom. The summed E-state index contributed by atoms with van der Waals surface area (Å²) in [5.41, 5.74) is 0. The smallest absolute Gasteiger partial charge is 0.433 e. The third-order valence-electron chi connectivity index (χ3n) is 1.76. The first kappa shape index (κ1) is 13.7. The van der Waals surface area contributed by atoms with Gasteiger partial charge in [-0.05, 0) is 19.9 Å². The lowest BCUT2D eigenvalue weighted by molar-refractivity contribution is -0.402. The van der Waals surface area contributed by atoms with E-state index in [2.05, 4.69) is 14.5 Å². The van der Waals surface area contributed by atoms with Crippen LogP contribution in [0.15, 0.2) is 16.5 Å². The minimum atomic E-state index is -0.929. The van der Waals surface area contributed by atoms with Crippen molar-refractivity contribution in [2.45, 2.75) is 19.9 Å². The zero-order valence-corrected chi connectivity index (χ0v) is 9.84. The van der Waals surface area contributed by atoms with E-state index in [1.807, 2.05) is 0 Å². The number of amides is 1. The van der Waals surface area contributed by atoms with Crippen molar-refractivity contribution in [1.82, 2.24) is 5.32 Å². The molecule has 1 aromatic rings. The van der Waals surface area contributed by atoms with Gasteiger partial charge >= 0.3 is 11.9 Å². The van der Waals surface area contributed by atoms with Gasteiger partial charge in [0.15, 0.2) is 6.61 Å². The predicted octanol–water partition coefficient (Wildman–Crippen LogP) is 0.869. The van der Waals surface area contributed by atoms with E-state index in [4.69, 9.17) is 0 Å². The zero-order chi connectivity index (χ0) is 13.7. The second-order valence-corrected chi connectivity index (χ2v) is 3.69. The first-order valence-corrected chi connectivity index (χ1v) is 5.11. The standard InChI is InChI=1S/C10H12N2O6/c1-6(2)11-8(13)5-17-10(14)7-3-4-9(18-7)12(15)16/h3-4,6H,5H2,1-2H3,(H,11,13). The van der Waals surface area contributed by atoms with Crippen molar-refractivity contribution in [3.63, 3.8) is 0 Å². The van der Waals surface area contributed by atoms with Gasteiger partial charge in [0.05, 0.1) is 6.07 Å². The highest BCUT2D eigenvalue weighted by atomic mass is 16.7. The molecule has 0 unspecified atom stereocenters. The summed E-state index contributed by atoms with van der Waals surface area (Å²) < 4.78 is 9.23. The van der Waals surface area contributed by atoms with Crippen LogP contribution < -0.4 is 5.32 Å². The summed E-state index contributed by atoms with van der Waals surface area (Å²) in [4.78, 5) is 32.1. The average molecular weight is 256 g/mol. The molecule has 1 rings (SSSR count). The molecule has 0 saturated heterocycles. The Bertz CT molecular complexity index is 465. The first-order valence-electron chi connectivity index (χ1n) is 5.11. The first-order chi connectivity index (χ1) is 8.40. The van der Waals surface area contributed by atoms with Gasteiger partial charge < -0.3 is 14.5 Å². The molecule has 0 radical (unpaired) electrons. The van der Waals surface area contributed by atoms with Crippen LogP contribution in [0.3, 0.4) is 0 Å². The molecule has 0 aliphatic rings. The zero-order valence-electron chi connectivity index (χ0n) is 9.84. The molecule has 0 aromatic carbocycles. The number of nitrogens with one attached hydrogen (secondary N) is 1. The van der Waals surface area contributed by atoms with Gasteiger partial charge in [0.2, 0.25) is 5.76 Å². The number of nitro groups is 1. The maximum atomic E-state index is 11.4. The molecule has 0 spiro atoms. The van der Waals surface area contributed by atoms with Gasteiger partial charge in [-0.2, -0.15) is 0 Å². The molecule has 1 amide bonds. The van der Waals surface area contributed by atoms with Crippen LogP contribution in [0.2, 0.25) is 0 Å². The van der Waals surface area contributed by atoms with Gasteiger partial charge in [0.25, 0.3) is 5.91 Å². The van der Waals surface area contributed by atoms with Gasteiger partial charge in [-0.15, -0.1) is 0 Å². The largest absolute Gasteiger partial charge is 0.450 e. The van der Waals surface area contributed by atoms with Gasteiger partial charge in [0, 0.05) is 6.04 Å². The topological polar surface area (TPSA) is 112 Å². The Hall–Kier alpha value is -2.38. The van der Waals surface area contributed by atoms with Crippen molar-refractivity contribution in [3.05, 3.63) is 28.0 Å². The van der Waals surface area contributed by atoms with Crippen molar-refractivity contribution in [1.29, 1.82) is 0 Å². The highest BCUT2D eigenvalue weighted by molar-refractivity contribution is 5.89. The van der Waals surface area contributed by atoms with Crippen LogP contribution in [0, 0.1) is 10.1 Å². The summed E-state index contributed by atoms with van der Waals surface area (Å²) >= 11 is 0. The molecular weight excluding hydrogens is 244 g/mol. The maximum Gasteiger partial charge on any atom is 0.433 e. The number of rotatable bonds is 5. The molecule has 98 valence electrons. The Balaban J connectivity index is 2.50. The molecule has 0 atom stereocenters. The lowest BCUT2D eigenvalue weighted by Crippen LogP contribution is -2.33. The molecule has 0 aliphatic carbocycles. The average Bonchev–Trinajstić information content (AvgIpc) is 2.74. The number of carbonyl (C=O) groups is 2. The Morgan fingerprint density at radius 2 is 2.17 bits per heavy atom. The van der Waals surface area contributed by atoms with E-state index in [0.29, 0.717) is 0 Å². The van der Waals surface area contributed by atoms with Gasteiger partial charge in [-0.1, -0.05) is 0 Å². The summed E-state index contributed by atoms with van der Waals surface area (Å²) in [7, 11) is 0. The van der Waals surface area contributed by atoms with Gasteiger partial charge in [-0.3, -0.25) is 14.9 Å². The molecule has 0 saturated carbocycles. The quantitative estimate of drug-likeness (QED) is 0.475. The van der Waals surface area contributed by atoms with E-state index in [1.165, 1.54) is 0 Å². The highest BCUT2D eigenvalue weighted by Crippen LogP contribution is 2.16. The number of hydrogen-bond acceptors (Lipinski definition) is 6. The molecule has 1 aromatic heterocycles. The lowest BCUT2D eigenvalue weighted by atomic mass is 10.4. The molecule has 0 aliphatic heterocycles. The van der Waals surface area contributed by atoms with Crippen LogP contribution in [0.1, 0.15) is 24.4 Å². The fourth-order valence-corrected chi connectivity index (χ4v) is 1.10. The summed E-state index contributed by atoms with van der Waals surface area (Å²) in [6, 6.07) is 2.08. The highest BCUT2D eigenvalue weighted by Gasteiger charge is 2.19. The van der Waals surface area contributed by atoms with Crippen molar-refractivity contribution < 1.29 is 23.7 Å². The normalized spacial score (nSPS) is 10.2. The van der Waals surface area contributed by atoms with E-state index in [-0.39, 0.29) is 11.8 Å². The van der Waals surface area contributed by atoms with Gasteiger partial charge in [0.1, 0.15) is 4.92 Å². The molecule has 0 fully saturated rings. The number of carbonyl (C=O) groups excluding carboxylic acids is 2. The summed E-state index contributed by atoms with van der Waals surface area (Å²) in [5, 5.41) is 12.8. The Kier molecular flexibility index (Phi) is 4.41. The number of ether oxygens (including phenoxy) is 1. The fraction of sp³-hybridized carbons (Fsp3) is 0.400. The summed E-state index contributed by atoms with van der Waals surface area (Å²) in [5.74, 6) is -2.27. The minimum absolute atomic E-state index is 0.0686. The molecule has 1 N–H and O–H groups in total. The van der Waals surface area contributed by atoms with Crippen LogP contribution >= 0.6 is 0 Å². The molecule has 1 heterocycles. The second kappa shape index (κ2) is 5.80. The van der Waals surface area contributed by atoms with Crippen molar-refractivity contribution in [2.24, 2.45) is 0 Å². The number of esters is 1. The van der Waals surface area contributed by atoms with Crippen molar-refractivity contribution in [3.8, 4) is 0 Å². The van der Waals surface area contributed by atoms with Crippen molar-refractivity contribution in [2.75, 3.05) is 6.61 Å². The summed E-state index contributed by atoms with van der Waals surface area (Å²) in [6.07, 6.45) is 0. The monoisotopic (exact) mass is 256 g/mol. The number of nitrogens with zero attached hydrogens (tertiary/aromatic N) is 1. The molecular formula is C10H12N2O6. The van der Waals surface area contributed by atoms with Crippen LogP contribution in [-0.2, 0) is 9.53 Å². The number of furan rings is 1. The SMILES string of the molecule is CC(C)NC(=O)COC(=O)c1ccc([N+](=O)[O-])o1. The third-order valence-corrected chi connectivity index (χ3v) is 1.76. The van der Waals surface area contributed by atoms with E-state index in [0.717, 1.165) is 12.1 Å². The van der Waals surface area contributed by atoms with Gasteiger partial charge in [-0.25, -0.2) is 4.79 Å². The molecule has 18 heavy (non-hydrogen) atoms. The molecule has 8 heteroatoms.